The summed E-state index contributed by atoms with van der Waals surface area (Å²) in [5, 5.41) is 10.6. The third-order valence-electron chi connectivity index (χ3n) is 5.64. The van der Waals surface area contributed by atoms with Crippen LogP contribution in [0.4, 0.5) is 16.3 Å². The highest BCUT2D eigenvalue weighted by Crippen LogP contribution is 2.40. The van der Waals surface area contributed by atoms with Crippen molar-refractivity contribution in [3.05, 3.63) is 89.9 Å². The molecule has 1 aliphatic heterocycles. The van der Waals surface area contributed by atoms with Crippen molar-refractivity contribution >= 4 is 17.5 Å². The number of nitrogens with zero attached hydrogens (tertiary/aromatic N) is 3. The Bertz CT molecular complexity index is 1310. The van der Waals surface area contributed by atoms with Gasteiger partial charge in [0.1, 0.15) is 28.6 Å². The number of amides is 2. The molecule has 8 nitrogen and oxygen atoms in total. The van der Waals surface area contributed by atoms with Gasteiger partial charge in [0.15, 0.2) is 0 Å². The number of ether oxygens (including phenoxy) is 2. The van der Waals surface area contributed by atoms with Crippen LogP contribution in [0.3, 0.4) is 0 Å². The Hall–Kier alpha value is -4.17. The molecular formula is C26H25N5O3. The van der Waals surface area contributed by atoms with Gasteiger partial charge < -0.3 is 14.8 Å². The molecule has 1 aliphatic rings. The Labute approximate surface area is 197 Å². The summed E-state index contributed by atoms with van der Waals surface area (Å²) in [5.74, 6) is 1.95. The Morgan fingerprint density at radius 1 is 0.971 bits per heavy atom. The normalized spacial score (nSPS) is 13.9. The molecule has 3 heterocycles. The molecule has 0 bridgehead atoms. The van der Waals surface area contributed by atoms with Crippen molar-refractivity contribution < 1.29 is 14.3 Å². The summed E-state index contributed by atoms with van der Waals surface area (Å²) in [7, 11) is 0. The average Bonchev–Trinajstić information content (AvgIpc) is 3.33. The molecule has 0 aliphatic carbocycles. The van der Waals surface area contributed by atoms with Crippen molar-refractivity contribution in [2.75, 3.05) is 10.6 Å². The van der Waals surface area contributed by atoms with Crippen LogP contribution in [0.5, 0.6) is 11.5 Å². The zero-order valence-electron chi connectivity index (χ0n) is 19.2. The average molecular weight is 456 g/mol. The van der Waals surface area contributed by atoms with Crippen LogP contribution in [0.2, 0.25) is 0 Å². The molecule has 0 atom stereocenters. The van der Waals surface area contributed by atoms with Crippen molar-refractivity contribution in [3.63, 3.8) is 0 Å². The Balaban J connectivity index is 1.35. The van der Waals surface area contributed by atoms with Crippen LogP contribution in [-0.2, 0) is 16.9 Å². The van der Waals surface area contributed by atoms with Gasteiger partial charge in [0, 0.05) is 23.6 Å². The Kier molecular flexibility index (Phi) is 5.51. The fourth-order valence-electron chi connectivity index (χ4n) is 3.81. The predicted molar refractivity (Wildman–Crippen MR) is 130 cm³/mol. The Morgan fingerprint density at radius 2 is 1.65 bits per heavy atom. The molecule has 2 aromatic heterocycles. The number of fused-ring (bicyclic) bond motifs is 1. The number of nitrogens with one attached hydrogen (secondary N) is 2. The minimum Gasteiger partial charge on any atom is -0.457 e. The maximum absolute atomic E-state index is 12.9. The van der Waals surface area contributed by atoms with E-state index >= 15 is 0 Å². The second-order valence-corrected chi connectivity index (χ2v) is 8.61. The lowest BCUT2D eigenvalue weighted by molar-refractivity contribution is -0.0114. The van der Waals surface area contributed by atoms with Gasteiger partial charge in [-0.3, -0.25) is 10.3 Å². The zero-order chi connectivity index (χ0) is 23.7. The van der Waals surface area contributed by atoms with Gasteiger partial charge >= 0.3 is 6.03 Å². The minimum atomic E-state index is -0.525. The fourth-order valence-corrected chi connectivity index (χ4v) is 3.81. The van der Waals surface area contributed by atoms with Gasteiger partial charge in [0.05, 0.1) is 12.3 Å². The SMILES string of the molecule is Cc1ccc(-n2nc3c(c2NC(=O)Nc2ccc(Oc4ccncc4)cc2)COC3(C)C)cc1. The largest absolute Gasteiger partial charge is 0.457 e. The van der Waals surface area contributed by atoms with E-state index in [2.05, 4.69) is 15.6 Å². The monoisotopic (exact) mass is 455 g/mol. The van der Waals surface area contributed by atoms with Crippen molar-refractivity contribution in [1.82, 2.24) is 14.8 Å². The second-order valence-electron chi connectivity index (χ2n) is 8.61. The smallest absolute Gasteiger partial charge is 0.324 e. The number of anilines is 2. The van der Waals surface area contributed by atoms with Crippen LogP contribution < -0.4 is 15.4 Å². The van der Waals surface area contributed by atoms with Crippen LogP contribution in [0.15, 0.2) is 73.1 Å². The van der Waals surface area contributed by atoms with Gasteiger partial charge in [-0.05, 0) is 69.3 Å². The Morgan fingerprint density at radius 3 is 2.35 bits per heavy atom. The molecule has 0 spiro atoms. The molecule has 5 rings (SSSR count). The standard InChI is InChI=1S/C26H25N5O3/c1-17-4-8-19(9-5-17)31-24(22-16-33-26(2,3)23(22)30-31)29-25(32)28-18-6-10-20(11-7-18)34-21-12-14-27-15-13-21/h4-15H,16H2,1-3H3,(H2,28,29,32). The first kappa shape index (κ1) is 21.7. The molecule has 34 heavy (non-hydrogen) atoms. The van der Waals surface area contributed by atoms with Crippen molar-refractivity contribution in [2.45, 2.75) is 33.0 Å². The van der Waals surface area contributed by atoms with Gasteiger partial charge in [0.2, 0.25) is 0 Å². The minimum absolute atomic E-state index is 0.372. The number of aromatic nitrogens is 3. The first-order valence-corrected chi connectivity index (χ1v) is 11.0. The number of pyridine rings is 1. The number of carbonyl (C=O) groups excluding carboxylic acids is 1. The molecule has 0 radical (unpaired) electrons. The summed E-state index contributed by atoms with van der Waals surface area (Å²) >= 11 is 0. The highest BCUT2D eigenvalue weighted by Gasteiger charge is 2.38. The highest BCUT2D eigenvalue weighted by atomic mass is 16.5. The number of carbonyl (C=O) groups is 1. The maximum atomic E-state index is 12.9. The molecule has 8 heteroatoms. The van der Waals surface area contributed by atoms with E-state index in [1.165, 1.54) is 0 Å². The molecule has 172 valence electrons. The number of hydrogen-bond donors (Lipinski definition) is 2. The van der Waals surface area contributed by atoms with Gasteiger partial charge in [0.25, 0.3) is 0 Å². The van der Waals surface area contributed by atoms with Gasteiger partial charge in [-0.1, -0.05) is 17.7 Å². The van der Waals surface area contributed by atoms with E-state index in [0.29, 0.717) is 29.6 Å². The molecule has 4 aromatic rings. The molecule has 0 saturated heterocycles. The van der Waals surface area contributed by atoms with E-state index in [1.54, 1.807) is 53.5 Å². The van der Waals surface area contributed by atoms with E-state index < -0.39 is 5.60 Å². The zero-order valence-corrected chi connectivity index (χ0v) is 19.2. The van der Waals surface area contributed by atoms with E-state index in [9.17, 15) is 4.79 Å². The summed E-state index contributed by atoms with van der Waals surface area (Å²) in [6, 6.07) is 18.3. The van der Waals surface area contributed by atoms with E-state index in [4.69, 9.17) is 14.6 Å². The van der Waals surface area contributed by atoms with Crippen LogP contribution in [0.25, 0.3) is 5.69 Å². The number of urea groups is 1. The van der Waals surface area contributed by atoms with Gasteiger partial charge in [-0.15, -0.1) is 0 Å². The lowest BCUT2D eigenvalue weighted by Crippen LogP contribution is -2.22. The van der Waals surface area contributed by atoms with Crippen LogP contribution in [0.1, 0.15) is 30.7 Å². The van der Waals surface area contributed by atoms with E-state index in [0.717, 1.165) is 22.5 Å². The summed E-state index contributed by atoms with van der Waals surface area (Å²) in [6.45, 7) is 6.37. The first-order valence-electron chi connectivity index (χ1n) is 11.0. The van der Waals surface area contributed by atoms with Gasteiger partial charge in [-0.25, -0.2) is 9.48 Å². The molecular weight excluding hydrogens is 430 g/mol. The molecule has 2 aromatic carbocycles. The summed E-state index contributed by atoms with van der Waals surface area (Å²) in [4.78, 5) is 16.9. The third kappa shape index (κ3) is 4.35. The highest BCUT2D eigenvalue weighted by molar-refractivity contribution is 6.00. The maximum Gasteiger partial charge on any atom is 0.324 e. The molecule has 2 N–H and O–H groups in total. The summed E-state index contributed by atoms with van der Waals surface area (Å²) in [5.41, 5.74) is 3.82. The second kappa shape index (κ2) is 8.64. The van der Waals surface area contributed by atoms with Crippen LogP contribution in [0, 0.1) is 6.92 Å². The third-order valence-corrected chi connectivity index (χ3v) is 5.64. The van der Waals surface area contributed by atoms with E-state index in [-0.39, 0.29) is 6.03 Å². The van der Waals surface area contributed by atoms with Gasteiger partial charge in [-0.2, -0.15) is 5.10 Å². The molecule has 2 amide bonds. The summed E-state index contributed by atoms with van der Waals surface area (Å²) in [6.07, 6.45) is 3.33. The molecule has 0 fully saturated rings. The molecule has 0 saturated carbocycles. The van der Waals surface area contributed by atoms with E-state index in [1.807, 2.05) is 45.0 Å². The quantitative estimate of drug-likeness (QED) is 0.398. The lowest BCUT2D eigenvalue weighted by atomic mass is 10.0. The van der Waals surface area contributed by atoms with Crippen LogP contribution in [-0.4, -0.2) is 20.8 Å². The number of hydrogen-bond acceptors (Lipinski definition) is 5. The van der Waals surface area contributed by atoms with Crippen molar-refractivity contribution in [3.8, 4) is 17.2 Å². The topological polar surface area (TPSA) is 90.3 Å². The first-order chi connectivity index (χ1) is 16.4. The number of rotatable bonds is 5. The predicted octanol–water partition coefficient (Wildman–Crippen LogP) is 5.78. The number of benzene rings is 2. The molecule has 0 unspecified atom stereocenters. The fraction of sp³-hybridized carbons (Fsp3) is 0.192. The summed E-state index contributed by atoms with van der Waals surface area (Å²) < 4.78 is 13.4. The van der Waals surface area contributed by atoms with Crippen molar-refractivity contribution in [1.29, 1.82) is 0 Å². The lowest BCUT2D eigenvalue weighted by Gasteiger charge is -2.17. The van der Waals surface area contributed by atoms with Crippen molar-refractivity contribution in [2.24, 2.45) is 0 Å². The van der Waals surface area contributed by atoms with Crippen LogP contribution >= 0.6 is 0 Å². The number of aryl methyl sites for hydroxylation is 1.